The van der Waals surface area contributed by atoms with Crippen molar-refractivity contribution in [2.45, 2.75) is 51.5 Å². The lowest BCUT2D eigenvalue weighted by atomic mass is 9.96. The van der Waals surface area contributed by atoms with Crippen molar-refractivity contribution in [3.8, 4) is 0 Å². The zero-order chi connectivity index (χ0) is 10.8. The van der Waals surface area contributed by atoms with Crippen molar-refractivity contribution < 1.29 is 4.74 Å². The molecule has 0 amide bonds. The van der Waals surface area contributed by atoms with Crippen LogP contribution in [0.15, 0.2) is 9.98 Å². The molecule has 1 saturated carbocycles. The summed E-state index contributed by atoms with van der Waals surface area (Å²) in [6.45, 7) is 4.38. The van der Waals surface area contributed by atoms with E-state index in [2.05, 4.69) is 16.0 Å². The number of ether oxygens (including phenoxy) is 1. The molecule has 0 aromatic rings. The van der Waals surface area contributed by atoms with Gasteiger partial charge in [0.1, 0.15) is 0 Å². The van der Waals surface area contributed by atoms with Gasteiger partial charge in [-0.2, -0.15) is 0 Å². The maximum absolute atomic E-state index is 5.21. The summed E-state index contributed by atoms with van der Waals surface area (Å²) in [6.07, 6.45) is 7.43. The van der Waals surface area contributed by atoms with Crippen LogP contribution >= 0.6 is 0 Å². The molecule has 1 aliphatic rings. The second-order valence-electron chi connectivity index (χ2n) is 3.95. The molecule has 1 aliphatic carbocycles. The fourth-order valence-electron chi connectivity index (χ4n) is 1.77. The third kappa shape index (κ3) is 6.43. The predicted octanol–water partition coefficient (Wildman–Crippen LogP) is 2.92. The minimum absolute atomic E-state index is 0.495. The van der Waals surface area contributed by atoms with Gasteiger partial charge in [0.25, 0.3) is 0 Å². The zero-order valence-corrected chi connectivity index (χ0v) is 9.74. The summed E-state index contributed by atoms with van der Waals surface area (Å²) in [6, 6.07) is 3.32. The first-order valence-corrected chi connectivity index (χ1v) is 6.12. The summed E-state index contributed by atoms with van der Waals surface area (Å²) in [5, 5.41) is 0. The van der Waals surface area contributed by atoms with E-state index < -0.39 is 0 Å². The van der Waals surface area contributed by atoms with Gasteiger partial charge in [-0.1, -0.05) is 19.3 Å². The molecule has 0 spiro atoms. The lowest BCUT2D eigenvalue weighted by Gasteiger charge is -2.15. The van der Waals surface area contributed by atoms with Crippen LogP contribution in [-0.4, -0.2) is 31.8 Å². The summed E-state index contributed by atoms with van der Waals surface area (Å²) in [4.78, 5) is 8.48. The first-order chi connectivity index (χ1) is 7.43. The Hall–Kier alpha value is -0.660. The lowest BCUT2D eigenvalue weighted by molar-refractivity contribution is 0.146. The highest BCUT2D eigenvalue weighted by Crippen LogP contribution is 2.19. The minimum atomic E-state index is 0.495. The lowest BCUT2D eigenvalue weighted by Crippen LogP contribution is -2.08. The molecule has 0 aromatic heterocycles. The highest BCUT2D eigenvalue weighted by Gasteiger charge is 2.10. The van der Waals surface area contributed by atoms with E-state index in [1.165, 1.54) is 32.1 Å². The van der Waals surface area contributed by atoms with Crippen molar-refractivity contribution >= 4 is 6.01 Å². The van der Waals surface area contributed by atoms with E-state index in [0.29, 0.717) is 6.04 Å². The van der Waals surface area contributed by atoms with E-state index in [1.807, 2.05) is 6.92 Å². The summed E-state index contributed by atoms with van der Waals surface area (Å²) < 4.78 is 5.21. The van der Waals surface area contributed by atoms with E-state index in [9.17, 15) is 0 Å². The summed E-state index contributed by atoms with van der Waals surface area (Å²) in [7, 11) is 0. The maximum atomic E-state index is 5.21. The average molecular weight is 210 g/mol. The third-order valence-corrected chi connectivity index (χ3v) is 2.65. The number of aliphatic imine (C=N–C) groups is 2. The molecular weight excluding hydrogens is 188 g/mol. The van der Waals surface area contributed by atoms with Crippen LogP contribution in [0.25, 0.3) is 0 Å². The standard InChI is InChI=1S/C12H22N2O/c1-2-15-10-6-9-13-11-14-12-7-4-3-5-8-12/h12H,2-10H2,1H3. The van der Waals surface area contributed by atoms with E-state index in [4.69, 9.17) is 4.74 Å². The molecule has 0 heterocycles. The van der Waals surface area contributed by atoms with Gasteiger partial charge in [-0.05, 0) is 26.2 Å². The molecule has 86 valence electrons. The quantitative estimate of drug-likeness (QED) is 0.490. The number of rotatable bonds is 6. The molecule has 15 heavy (non-hydrogen) atoms. The summed E-state index contributed by atoms with van der Waals surface area (Å²) in [5.74, 6) is 0. The number of hydrogen-bond donors (Lipinski definition) is 0. The molecule has 0 aromatic carbocycles. The molecule has 3 nitrogen and oxygen atoms in total. The van der Waals surface area contributed by atoms with E-state index in [1.54, 1.807) is 0 Å². The van der Waals surface area contributed by atoms with Gasteiger partial charge >= 0.3 is 0 Å². The summed E-state index contributed by atoms with van der Waals surface area (Å²) in [5.41, 5.74) is 0. The second-order valence-corrected chi connectivity index (χ2v) is 3.95. The van der Waals surface area contributed by atoms with E-state index >= 15 is 0 Å². The SMILES string of the molecule is CCOCCCN=C=NC1CCCCC1. The zero-order valence-electron chi connectivity index (χ0n) is 9.74. The fourth-order valence-corrected chi connectivity index (χ4v) is 1.77. The van der Waals surface area contributed by atoms with Crippen LogP contribution in [0.2, 0.25) is 0 Å². The largest absolute Gasteiger partial charge is 0.382 e. The van der Waals surface area contributed by atoms with Crippen LogP contribution in [0.5, 0.6) is 0 Å². The van der Waals surface area contributed by atoms with Gasteiger partial charge in [-0.25, -0.2) is 9.98 Å². The first-order valence-electron chi connectivity index (χ1n) is 6.12. The highest BCUT2D eigenvalue weighted by atomic mass is 16.5. The van der Waals surface area contributed by atoms with Gasteiger partial charge in [0.2, 0.25) is 0 Å². The molecule has 1 fully saturated rings. The molecule has 0 aliphatic heterocycles. The molecule has 0 atom stereocenters. The predicted molar refractivity (Wildman–Crippen MR) is 62.7 cm³/mol. The van der Waals surface area contributed by atoms with Crippen molar-refractivity contribution in [1.82, 2.24) is 0 Å². The van der Waals surface area contributed by atoms with Gasteiger partial charge in [0.15, 0.2) is 0 Å². The molecule has 0 N–H and O–H groups in total. The third-order valence-electron chi connectivity index (χ3n) is 2.65. The Morgan fingerprint density at radius 3 is 2.80 bits per heavy atom. The van der Waals surface area contributed by atoms with Gasteiger partial charge in [-0.15, -0.1) is 0 Å². The Labute approximate surface area is 92.7 Å². The molecule has 0 saturated heterocycles. The first kappa shape index (κ1) is 12.4. The average Bonchev–Trinajstić information content (AvgIpc) is 2.29. The maximum Gasteiger partial charge on any atom is 0.0895 e. The minimum Gasteiger partial charge on any atom is -0.382 e. The Bertz CT molecular complexity index is 204. The topological polar surface area (TPSA) is 34.0 Å². The van der Waals surface area contributed by atoms with Gasteiger partial charge < -0.3 is 4.74 Å². The van der Waals surface area contributed by atoms with Crippen molar-refractivity contribution in [2.75, 3.05) is 19.8 Å². The Balaban J connectivity index is 2.04. The van der Waals surface area contributed by atoms with Crippen molar-refractivity contribution in [2.24, 2.45) is 9.98 Å². The normalized spacial score (nSPS) is 17.1. The Kier molecular flexibility index (Phi) is 7.14. The van der Waals surface area contributed by atoms with Crippen LogP contribution < -0.4 is 0 Å². The van der Waals surface area contributed by atoms with Gasteiger partial charge in [-0.3, -0.25) is 0 Å². The van der Waals surface area contributed by atoms with Crippen LogP contribution in [0.4, 0.5) is 0 Å². The van der Waals surface area contributed by atoms with E-state index in [0.717, 1.165) is 26.2 Å². The van der Waals surface area contributed by atoms with E-state index in [-0.39, 0.29) is 0 Å². The smallest absolute Gasteiger partial charge is 0.0895 e. The Morgan fingerprint density at radius 1 is 1.27 bits per heavy atom. The molecule has 3 heteroatoms. The number of nitrogens with zero attached hydrogens (tertiary/aromatic N) is 2. The van der Waals surface area contributed by atoms with Crippen LogP contribution in [0.3, 0.4) is 0 Å². The second kappa shape index (κ2) is 8.63. The van der Waals surface area contributed by atoms with Crippen molar-refractivity contribution in [3.05, 3.63) is 0 Å². The fraction of sp³-hybridized carbons (Fsp3) is 0.917. The van der Waals surface area contributed by atoms with Crippen molar-refractivity contribution in [3.63, 3.8) is 0 Å². The molecule has 0 unspecified atom stereocenters. The molecule has 1 rings (SSSR count). The molecular formula is C12H22N2O. The number of hydrogen-bond acceptors (Lipinski definition) is 3. The molecule has 0 bridgehead atoms. The van der Waals surface area contributed by atoms with Crippen LogP contribution in [0.1, 0.15) is 45.4 Å². The van der Waals surface area contributed by atoms with Crippen molar-refractivity contribution in [1.29, 1.82) is 0 Å². The summed E-state index contributed by atoms with van der Waals surface area (Å²) >= 11 is 0. The Morgan fingerprint density at radius 2 is 2.07 bits per heavy atom. The van der Waals surface area contributed by atoms with Crippen LogP contribution in [0, 0.1) is 0 Å². The van der Waals surface area contributed by atoms with Gasteiger partial charge in [0, 0.05) is 13.2 Å². The highest BCUT2D eigenvalue weighted by molar-refractivity contribution is 5.41. The molecule has 0 radical (unpaired) electrons. The van der Waals surface area contributed by atoms with Crippen LogP contribution in [-0.2, 0) is 4.74 Å². The van der Waals surface area contributed by atoms with Gasteiger partial charge in [0.05, 0.1) is 18.6 Å². The monoisotopic (exact) mass is 210 g/mol.